The number of anilines is 1. The van der Waals surface area contributed by atoms with Crippen LogP contribution in [-0.4, -0.2) is 24.1 Å². The van der Waals surface area contributed by atoms with Crippen LogP contribution >= 0.6 is 0 Å². The minimum absolute atomic E-state index is 0.0377. The first-order valence-corrected chi connectivity index (χ1v) is 6.25. The number of rotatable bonds is 5. The number of carbonyl (C=O) groups excluding carboxylic acids is 1. The van der Waals surface area contributed by atoms with E-state index in [0.717, 1.165) is 12.8 Å². The van der Waals surface area contributed by atoms with Gasteiger partial charge in [-0.1, -0.05) is 6.92 Å². The summed E-state index contributed by atoms with van der Waals surface area (Å²) in [7, 11) is 1.47. The topological polar surface area (TPSA) is 75.6 Å². The number of carboxylic acid groups (broad SMARTS) is 1. The van der Waals surface area contributed by atoms with Crippen LogP contribution in [0.5, 0.6) is 5.75 Å². The number of hydrogen-bond donors (Lipinski definition) is 2. The van der Waals surface area contributed by atoms with Crippen molar-refractivity contribution in [2.75, 3.05) is 12.4 Å². The van der Waals surface area contributed by atoms with E-state index in [2.05, 4.69) is 5.32 Å². The molecule has 0 bridgehead atoms. The number of hydrogen-bond acceptors (Lipinski definition) is 3. The van der Waals surface area contributed by atoms with Crippen molar-refractivity contribution in [2.24, 2.45) is 11.8 Å². The molecule has 1 atom stereocenters. The molecule has 0 aromatic heterocycles. The van der Waals surface area contributed by atoms with Gasteiger partial charge in [0.25, 0.3) is 0 Å². The Bertz CT molecular complexity index is 508. The Morgan fingerprint density at radius 3 is 2.63 bits per heavy atom. The molecule has 1 amide bonds. The third kappa shape index (κ3) is 3.05. The van der Waals surface area contributed by atoms with Gasteiger partial charge in [-0.25, -0.2) is 4.79 Å². The molecule has 0 radical (unpaired) electrons. The Hall–Kier alpha value is -2.04. The average molecular weight is 263 g/mol. The maximum Gasteiger partial charge on any atom is 0.337 e. The molecule has 0 heterocycles. The Morgan fingerprint density at radius 1 is 1.42 bits per heavy atom. The first-order valence-electron chi connectivity index (χ1n) is 6.25. The summed E-state index contributed by atoms with van der Waals surface area (Å²) in [5.74, 6) is -0.413. The van der Waals surface area contributed by atoms with Crippen LogP contribution in [0.4, 0.5) is 5.69 Å². The largest absolute Gasteiger partial charge is 0.497 e. The van der Waals surface area contributed by atoms with Gasteiger partial charge < -0.3 is 15.2 Å². The van der Waals surface area contributed by atoms with E-state index < -0.39 is 5.97 Å². The van der Waals surface area contributed by atoms with E-state index in [1.54, 1.807) is 12.1 Å². The summed E-state index contributed by atoms with van der Waals surface area (Å²) >= 11 is 0. The smallest absolute Gasteiger partial charge is 0.337 e. The molecule has 0 aliphatic heterocycles. The predicted molar refractivity (Wildman–Crippen MR) is 70.5 cm³/mol. The lowest BCUT2D eigenvalue weighted by Gasteiger charge is -2.13. The fraction of sp³-hybridized carbons (Fsp3) is 0.429. The van der Waals surface area contributed by atoms with Crippen LogP contribution < -0.4 is 10.1 Å². The summed E-state index contributed by atoms with van der Waals surface area (Å²) < 4.78 is 4.98. The number of benzene rings is 1. The minimum Gasteiger partial charge on any atom is -0.497 e. The van der Waals surface area contributed by atoms with E-state index in [4.69, 9.17) is 9.84 Å². The van der Waals surface area contributed by atoms with Crippen molar-refractivity contribution in [2.45, 2.75) is 19.8 Å². The van der Waals surface area contributed by atoms with E-state index in [-0.39, 0.29) is 17.4 Å². The number of carboxylic acids is 1. The highest BCUT2D eigenvalue weighted by atomic mass is 16.5. The molecule has 19 heavy (non-hydrogen) atoms. The van der Waals surface area contributed by atoms with Crippen LogP contribution in [-0.2, 0) is 4.79 Å². The van der Waals surface area contributed by atoms with Crippen LogP contribution in [0.2, 0.25) is 0 Å². The maximum atomic E-state index is 12.0. The van der Waals surface area contributed by atoms with Gasteiger partial charge in [-0.3, -0.25) is 4.79 Å². The van der Waals surface area contributed by atoms with Crippen molar-refractivity contribution >= 4 is 17.6 Å². The summed E-state index contributed by atoms with van der Waals surface area (Å²) in [5.41, 5.74) is 0.349. The highest BCUT2D eigenvalue weighted by molar-refractivity contribution is 6.01. The predicted octanol–water partition coefficient (Wildman–Crippen LogP) is 2.38. The van der Waals surface area contributed by atoms with Gasteiger partial charge in [0.15, 0.2) is 0 Å². The molecule has 102 valence electrons. The number of ether oxygens (including phenoxy) is 1. The van der Waals surface area contributed by atoms with Crippen molar-refractivity contribution in [3.8, 4) is 5.75 Å². The fourth-order valence-corrected chi connectivity index (χ4v) is 1.99. The lowest BCUT2D eigenvalue weighted by atomic mass is 10.1. The highest BCUT2D eigenvalue weighted by Gasteiger charge is 2.32. The van der Waals surface area contributed by atoms with E-state index in [1.807, 2.05) is 6.92 Å². The van der Waals surface area contributed by atoms with Gasteiger partial charge in [0.1, 0.15) is 5.75 Å². The number of nitrogens with one attached hydrogen (secondary N) is 1. The van der Waals surface area contributed by atoms with Crippen molar-refractivity contribution in [3.05, 3.63) is 23.8 Å². The van der Waals surface area contributed by atoms with Gasteiger partial charge in [0, 0.05) is 5.92 Å². The normalized spacial score (nSPS) is 15.7. The zero-order chi connectivity index (χ0) is 14.0. The van der Waals surface area contributed by atoms with Crippen molar-refractivity contribution in [1.82, 2.24) is 0 Å². The third-order valence-electron chi connectivity index (χ3n) is 3.46. The average Bonchev–Trinajstić information content (AvgIpc) is 3.22. The second kappa shape index (κ2) is 5.30. The number of carbonyl (C=O) groups is 2. The molecule has 1 aliphatic carbocycles. The molecule has 0 saturated heterocycles. The van der Waals surface area contributed by atoms with Crippen molar-refractivity contribution < 1.29 is 19.4 Å². The maximum absolute atomic E-state index is 12.0. The Morgan fingerprint density at radius 2 is 2.11 bits per heavy atom. The van der Waals surface area contributed by atoms with E-state index in [1.165, 1.54) is 13.2 Å². The first kappa shape index (κ1) is 13.4. The van der Waals surface area contributed by atoms with Gasteiger partial charge in [0.2, 0.25) is 5.91 Å². The van der Waals surface area contributed by atoms with Crippen LogP contribution in [0.3, 0.4) is 0 Å². The van der Waals surface area contributed by atoms with Gasteiger partial charge >= 0.3 is 5.97 Å². The minimum atomic E-state index is -1.09. The number of methoxy groups -OCH3 is 1. The summed E-state index contributed by atoms with van der Waals surface area (Å²) in [6, 6.07) is 4.59. The molecule has 1 aliphatic rings. The lowest BCUT2D eigenvalue weighted by Crippen LogP contribution is -2.23. The standard InChI is InChI=1S/C14H17NO4/c1-8(9-3-4-9)13(16)15-12-6-5-10(19-2)7-11(12)14(17)18/h5-9H,3-4H2,1-2H3,(H,15,16)(H,17,18). The molecule has 1 aromatic carbocycles. The molecule has 1 unspecified atom stereocenters. The molecule has 2 rings (SSSR count). The summed E-state index contributed by atoms with van der Waals surface area (Å²) in [6.45, 7) is 1.87. The monoisotopic (exact) mass is 263 g/mol. The van der Waals surface area contributed by atoms with Crippen molar-refractivity contribution in [3.63, 3.8) is 0 Å². The van der Waals surface area contributed by atoms with Crippen LogP contribution in [0, 0.1) is 11.8 Å². The summed E-state index contributed by atoms with van der Waals surface area (Å²) in [4.78, 5) is 23.2. The van der Waals surface area contributed by atoms with Gasteiger partial charge in [-0.05, 0) is 37.0 Å². The molecule has 0 spiro atoms. The summed E-state index contributed by atoms with van der Waals surface area (Å²) in [6.07, 6.45) is 2.14. The summed E-state index contributed by atoms with van der Waals surface area (Å²) in [5, 5.41) is 11.8. The quantitative estimate of drug-likeness (QED) is 0.855. The second-order valence-electron chi connectivity index (χ2n) is 4.83. The first-order chi connectivity index (χ1) is 9.02. The van der Waals surface area contributed by atoms with Gasteiger partial charge in [-0.2, -0.15) is 0 Å². The van der Waals surface area contributed by atoms with Crippen LogP contribution in [0.25, 0.3) is 0 Å². The van der Waals surface area contributed by atoms with E-state index in [9.17, 15) is 9.59 Å². The Labute approximate surface area is 111 Å². The van der Waals surface area contributed by atoms with E-state index in [0.29, 0.717) is 17.4 Å². The zero-order valence-corrected chi connectivity index (χ0v) is 11.0. The van der Waals surface area contributed by atoms with Crippen molar-refractivity contribution in [1.29, 1.82) is 0 Å². The molecule has 5 heteroatoms. The third-order valence-corrected chi connectivity index (χ3v) is 3.46. The molecule has 1 saturated carbocycles. The number of aromatic carboxylic acids is 1. The van der Waals surface area contributed by atoms with Gasteiger partial charge in [-0.15, -0.1) is 0 Å². The molecule has 1 aromatic rings. The highest BCUT2D eigenvalue weighted by Crippen LogP contribution is 2.37. The van der Waals surface area contributed by atoms with E-state index >= 15 is 0 Å². The van der Waals surface area contributed by atoms with Crippen LogP contribution in [0.15, 0.2) is 18.2 Å². The molecule has 2 N–H and O–H groups in total. The zero-order valence-electron chi connectivity index (χ0n) is 11.0. The SMILES string of the molecule is COc1ccc(NC(=O)C(C)C2CC2)c(C(=O)O)c1. The lowest BCUT2D eigenvalue weighted by molar-refractivity contribution is -0.119. The van der Waals surface area contributed by atoms with Crippen LogP contribution in [0.1, 0.15) is 30.1 Å². The molecular weight excluding hydrogens is 246 g/mol. The fourth-order valence-electron chi connectivity index (χ4n) is 1.99. The van der Waals surface area contributed by atoms with Gasteiger partial charge in [0.05, 0.1) is 18.4 Å². The molecule has 5 nitrogen and oxygen atoms in total. The Kier molecular flexibility index (Phi) is 3.74. The Balaban J connectivity index is 2.18. The number of amides is 1. The molecule has 1 fully saturated rings. The second-order valence-corrected chi connectivity index (χ2v) is 4.83. The molecular formula is C14H17NO4.